The Morgan fingerprint density at radius 3 is 2.60 bits per heavy atom. The van der Waals surface area contributed by atoms with Crippen LogP contribution in [0.2, 0.25) is 0 Å². The number of fused-ring (bicyclic) bond motifs is 3. The quantitative estimate of drug-likeness (QED) is 0.580. The Morgan fingerprint density at radius 1 is 1.20 bits per heavy atom. The van der Waals surface area contributed by atoms with Gasteiger partial charge in [0.15, 0.2) is 0 Å². The molecule has 3 aliphatic carbocycles. The van der Waals surface area contributed by atoms with Crippen LogP contribution in [-0.2, 0) is 4.79 Å². The third-order valence-corrected chi connectivity index (χ3v) is 8.47. The number of aliphatic hydroxyl groups excluding tert-OH is 2. The van der Waals surface area contributed by atoms with Gasteiger partial charge in [0.05, 0.1) is 6.10 Å². The molecule has 3 fully saturated rings. The number of aliphatic hydroxyl groups is 2. The van der Waals surface area contributed by atoms with Crippen molar-refractivity contribution in [1.29, 1.82) is 0 Å². The number of hydrogen-bond acceptors (Lipinski definition) is 3. The van der Waals surface area contributed by atoms with Gasteiger partial charge in [-0.05, 0) is 85.5 Å². The second-order valence-electron chi connectivity index (χ2n) is 9.39. The summed E-state index contributed by atoms with van der Waals surface area (Å²) in [7, 11) is 0. The molecule has 0 heterocycles. The molecule has 3 saturated carbocycles. The van der Waals surface area contributed by atoms with Gasteiger partial charge in [-0.1, -0.05) is 32.8 Å². The van der Waals surface area contributed by atoms with Gasteiger partial charge in [-0.25, -0.2) is 0 Å². The van der Waals surface area contributed by atoms with Crippen molar-refractivity contribution >= 4 is 6.29 Å². The Morgan fingerprint density at radius 2 is 1.96 bits per heavy atom. The summed E-state index contributed by atoms with van der Waals surface area (Å²) < 4.78 is 0. The summed E-state index contributed by atoms with van der Waals surface area (Å²) in [6.07, 6.45) is 10.8. The van der Waals surface area contributed by atoms with Crippen LogP contribution in [0.5, 0.6) is 0 Å². The molecule has 142 valence electrons. The highest BCUT2D eigenvalue weighted by molar-refractivity contribution is 5.67. The lowest BCUT2D eigenvalue weighted by Crippen LogP contribution is -2.54. The average molecular weight is 349 g/mol. The van der Waals surface area contributed by atoms with Gasteiger partial charge in [-0.15, -0.1) is 0 Å². The topological polar surface area (TPSA) is 57.5 Å². The van der Waals surface area contributed by atoms with Gasteiger partial charge in [0.2, 0.25) is 0 Å². The smallest absolute Gasteiger partial charge is 0.142 e. The zero-order valence-corrected chi connectivity index (χ0v) is 16.2. The Balaban J connectivity index is 1.95. The molecular formula is C22H36O3. The van der Waals surface area contributed by atoms with Crippen LogP contribution < -0.4 is 0 Å². The number of carbonyl (C=O) groups is 1. The Hall–Kier alpha value is -0.670. The number of aldehydes is 1. The molecule has 0 saturated heterocycles. The summed E-state index contributed by atoms with van der Waals surface area (Å²) in [6, 6.07) is 0. The van der Waals surface area contributed by atoms with Crippen molar-refractivity contribution in [1.82, 2.24) is 0 Å². The van der Waals surface area contributed by atoms with Gasteiger partial charge in [0.1, 0.15) is 6.29 Å². The largest absolute Gasteiger partial charge is 0.396 e. The maximum Gasteiger partial charge on any atom is 0.142 e. The summed E-state index contributed by atoms with van der Waals surface area (Å²) in [4.78, 5) is 11.2. The van der Waals surface area contributed by atoms with Crippen LogP contribution >= 0.6 is 0 Å². The summed E-state index contributed by atoms with van der Waals surface area (Å²) in [6.45, 7) is 7.27. The van der Waals surface area contributed by atoms with Gasteiger partial charge >= 0.3 is 0 Å². The zero-order chi connectivity index (χ0) is 18.2. The average Bonchev–Trinajstić information content (AvgIpc) is 2.90. The van der Waals surface area contributed by atoms with Crippen LogP contribution in [0.1, 0.15) is 72.1 Å². The normalized spacial score (nSPS) is 48.2. The second kappa shape index (κ2) is 7.15. The SMILES string of the molecule is CCCC1(C)/C(=C\C=O)CC(O)C2C1CCC1(C)C(CCO)CCC21. The van der Waals surface area contributed by atoms with E-state index in [9.17, 15) is 15.0 Å². The molecule has 0 amide bonds. The standard InChI is InChI=1S/C22H36O3/c1-4-10-21(2)16(9-13-24)14-19(25)20-17-6-5-15(8-12-23)22(17,3)11-7-18(20)21/h9,13,15,17-20,23,25H,4-8,10-12,14H2,1-3H3/b16-9-. The first-order chi connectivity index (χ1) is 11.9. The van der Waals surface area contributed by atoms with Gasteiger partial charge in [0, 0.05) is 6.61 Å². The molecule has 3 aliphatic rings. The van der Waals surface area contributed by atoms with Crippen LogP contribution in [-0.4, -0.2) is 29.2 Å². The molecular weight excluding hydrogens is 312 g/mol. The maximum atomic E-state index is 11.2. The lowest BCUT2D eigenvalue weighted by molar-refractivity contribution is -0.110. The Kier molecular flexibility index (Phi) is 5.46. The molecule has 3 nitrogen and oxygen atoms in total. The highest BCUT2D eigenvalue weighted by Crippen LogP contribution is 2.66. The number of carbonyl (C=O) groups excluding carboxylic acids is 1. The summed E-state index contributed by atoms with van der Waals surface area (Å²) in [5.74, 6) is 1.99. The van der Waals surface area contributed by atoms with E-state index in [-0.39, 0.29) is 23.5 Å². The molecule has 0 spiro atoms. The fraction of sp³-hybridized carbons (Fsp3) is 0.864. The first kappa shape index (κ1) is 19.1. The molecule has 0 bridgehead atoms. The molecule has 0 aliphatic heterocycles. The van der Waals surface area contributed by atoms with Crippen molar-refractivity contribution in [3.63, 3.8) is 0 Å². The van der Waals surface area contributed by atoms with Gasteiger partial charge in [-0.2, -0.15) is 0 Å². The van der Waals surface area contributed by atoms with Crippen molar-refractivity contribution in [2.24, 2.45) is 34.5 Å². The molecule has 3 rings (SSSR count). The molecule has 0 aromatic heterocycles. The van der Waals surface area contributed by atoms with E-state index in [1.807, 2.05) is 0 Å². The molecule has 0 radical (unpaired) electrons. The van der Waals surface area contributed by atoms with E-state index < -0.39 is 0 Å². The fourth-order valence-electron chi connectivity index (χ4n) is 7.25. The van der Waals surface area contributed by atoms with Crippen LogP contribution in [0.15, 0.2) is 11.6 Å². The first-order valence-corrected chi connectivity index (χ1v) is 10.4. The Labute approximate surface area is 152 Å². The molecule has 0 aromatic rings. The molecule has 3 heteroatoms. The lowest BCUT2D eigenvalue weighted by Gasteiger charge is -2.59. The third kappa shape index (κ3) is 2.92. The minimum Gasteiger partial charge on any atom is -0.396 e. The first-order valence-electron chi connectivity index (χ1n) is 10.4. The van der Waals surface area contributed by atoms with Crippen molar-refractivity contribution in [2.45, 2.75) is 78.2 Å². The van der Waals surface area contributed by atoms with Gasteiger partial charge < -0.3 is 10.2 Å². The minimum atomic E-state index is -0.321. The van der Waals surface area contributed by atoms with Crippen molar-refractivity contribution < 1.29 is 15.0 Å². The van der Waals surface area contributed by atoms with Crippen LogP contribution in [0.25, 0.3) is 0 Å². The highest BCUT2D eigenvalue weighted by atomic mass is 16.3. The third-order valence-electron chi connectivity index (χ3n) is 8.47. The molecule has 2 N–H and O–H groups in total. The molecule has 7 unspecified atom stereocenters. The fourth-order valence-corrected chi connectivity index (χ4v) is 7.25. The lowest BCUT2D eigenvalue weighted by atomic mass is 9.47. The minimum absolute atomic E-state index is 0.0515. The van der Waals surface area contributed by atoms with Crippen LogP contribution in [0, 0.1) is 34.5 Å². The zero-order valence-electron chi connectivity index (χ0n) is 16.2. The van der Waals surface area contributed by atoms with E-state index >= 15 is 0 Å². The second-order valence-corrected chi connectivity index (χ2v) is 9.39. The number of rotatable bonds is 5. The van der Waals surface area contributed by atoms with E-state index in [2.05, 4.69) is 20.8 Å². The van der Waals surface area contributed by atoms with Crippen molar-refractivity contribution in [3.8, 4) is 0 Å². The van der Waals surface area contributed by atoms with Crippen molar-refractivity contribution in [3.05, 3.63) is 11.6 Å². The highest BCUT2D eigenvalue weighted by Gasteiger charge is 2.60. The van der Waals surface area contributed by atoms with E-state index in [0.717, 1.165) is 32.0 Å². The monoisotopic (exact) mass is 348 g/mol. The summed E-state index contributed by atoms with van der Waals surface area (Å²) >= 11 is 0. The van der Waals surface area contributed by atoms with Crippen LogP contribution in [0.3, 0.4) is 0 Å². The predicted octanol–water partition coefficient (Wildman–Crippen LogP) is 4.12. The van der Waals surface area contributed by atoms with E-state index in [1.54, 1.807) is 6.08 Å². The molecule has 0 aromatic carbocycles. The van der Waals surface area contributed by atoms with Crippen molar-refractivity contribution in [2.75, 3.05) is 6.61 Å². The van der Waals surface area contributed by atoms with Gasteiger partial charge in [0.25, 0.3) is 0 Å². The Bertz CT molecular complexity index is 527. The number of hydrogen-bond donors (Lipinski definition) is 2. The van der Waals surface area contributed by atoms with E-state index in [1.165, 1.54) is 24.8 Å². The summed E-state index contributed by atoms with van der Waals surface area (Å²) in [5.41, 5.74) is 1.49. The van der Waals surface area contributed by atoms with E-state index in [4.69, 9.17) is 0 Å². The van der Waals surface area contributed by atoms with E-state index in [0.29, 0.717) is 30.1 Å². The maximum absolute atomic E-state index is 11.2. The molecule has 7 atom stereocenters. The summed E-state index contributed by atoms with van der Waals surface area (Å²) in [5, 5.41) is 20.5. The van der Waals surface area contributed by atoms with Gasteiger partial charge in [-0.3, -0.25) is 4.79 Å². The molecule has 25 heavy (non-hydrogen) atoms. The predicted molar refractivity (Wildman–Crippen MR) is 100 cm³/mol. The number of allylic oxidation sites excluding steroid dienone is 1. The van der Waals surface area contributed by atoms with Crippen LogP contribution in [0.4, 0.5) is 0 Å².